The van der Waals surface area contributed by atoms with Crippen LogP contribution in [0.5, 0.6) is 0 Å². The number of carbonyl (C=O) groups is 1. The van der Waals surface area contributed by atoms with Crippen molar-refractivity contribution in [1.82, 2.24) is 14.9 Å². The van der Waals surface area contributed by atoms with Crippen molar-refractivity contribution in [2.45, 2.75) is 33.4 Å². The number of primary amides is 1. The van der Waals surface area contributed by atoms with Crippen molar-refractivity contribution in [1.29, 1.82) is 0 Å². The van der Waals surface area contributed by atoms with Crippen LogP contribution < -0.4 is 11.1 Å². The normalized spacial score (nSPS) is 13.6. The zero-order chi connectivity index (χ0) is 14.9. The van der Waals surface area contributed by atoms with Gasteiger partial charge in [-0.25, -0.2) is 4.98 Å². The molecule has 5 heteroatoms. The summed E-state index contributed by atoms with van der Waals surface area (Å²) in [5, 5.41) is 3.22. The van der Waals surface area contributed by atoms with Crippen molar-refractivity contribution < 1.29 is 4.79 Å². The Morgan fingerprint density at radius 3 is 2.60 bits per heavy atom. The Balaban J connectivity index is 2.20. The number of hydrogen-bond acceptors (Lipinski definition) is 3. The Bertz CT molecular complexity index is 624. The summed E-state index contributed by atoms with van der Waals surface area (Å²) in [6, 6.07) is 7.58. The van der Waals surface area contributed by atoms with Gasteiger partial charge in [0.05, 0.1) is 23.6 Å². The van der Waals surface area contributed by atoms with Gasteiger partial charge in [-0.3, -0.25) is 10.1 Å². The molecular weight excluding hydrogens is 252 g/mol. The number of nitrogens with one attached hydrogen (secondary N) is 1. The highest BCUT2D eigenvalue weighted by atomic mass is 16.1. The van der Waals surface area contributed by atoms with Crippen molar-refractivity contribution in [3.63, 3.8) is 0 Å². The van der Waals surface area contributed by atoms with Crippen LogP contribution in [0.15, 0.2) is 24.3 Å². The Morgan fingerprint density at radius 1 is 1.40 bits per heavy atom. The van der Waals surface area contributed by atoms with Gasteiger partial charge in [0.2, 0.25) is 5.91 Å². The fourth-order valence-electron chi connectivity index (χ4n) is 2.38. The van der Waals surface area contributed by atoms with E-state index in [0.717, 1.165) is 16.9 Å². The topological polar surface area (TPSA) is 72.9 Å². The molecule has 0 radical (unpaired) electrons. The highest BCUT2D eigenvalue weighted by Gasteiger charge is 2.29. The summed E-state index contributed by atoms with van der Waals surface area (Å²) in [5.74, 6) is 0.554. The largest absolute Gasteiger partial charge is 0.368 e. The third kappa shape index (κ3) is 2.82. The number of carbonyl (C=O) groups excluding carboxylic acids is 1. The highest BCUT2D eigenvalue weighted by molar-refractivity contribution is 5.80. The molecule has 3 N–H and O–H groups in total. The number of fused-ring (bicyclic) bond motifs is 1. The minimum atomic E-state index is -0.387. The first-order valence-electron chi connectivity index (χ1n) is 6.73. The maximum atomic E-state index is 11.6. The number of amides is 1. The molecule has 0 aliphatic carbocycles. The SMILES string of the molecule is Cn1c(CNC(C(N)=O)C(C)(C)C)nc2ccccc21. The van der Waals surface area contributed by atoms with Crippen LogP contribution in [-0.2, 0) is 18.4 Å². The standard InChI is InChI=1S/C15H22N4O/c1-15(2,3)13(14(16)20)17-9-12-18-10-7-5-6-8-11(10)19(12)4/h5-8,13,17H,9H2,1-4H3,(H2,16,20). The third-order valence-electron chi connectivity index (χ3n) is 3.49. The molecule has 1 atom stereocenters. The number of hydrogen-bond donors (Lipinski definition) is 2. The summed E-state index contributed by atoms with van der Waals surface area (Å²) in [5.41, 5.74) is 7.28. The fraction of sp³-hybridized carbons (Fsp3) is 0.467. The lowest BCUT2D eigenvalue weighted by Gasteiger charge is -2.28. The monoisotopic (exact) mass is 274 g/mol. The van der Waals surface area contributed by atoms with Crippen molar-refractivity contribution in [2.24, 2.45) is 18.2 Å². The van der Waals surface area contributed by atoms with E-state index in [0.29, 0.717) is 6.54 Å². The van der Waals surface area contributed by atoms with Gasteiger partial charge in [0.25, 0.3) is 0 Å². The first-order valence-corrected chi connectivity index (χ1v) is 6.73. The van der Waals surface area contributed by atoms with Crippen molar-refractivity contribution in [3.05, 3.63) is 30.1 Å². The van der Waals surface area contributed by atoms with E-state index in [-0.39, 0.29) is 17.4 Å². The minimum Gasteiger partial charge on any atom is -0.368 e. The Labute approximate surface area is 119 Å². The van der Waals surface area contributed by atoms with Gasteiger partial charge in [-0.15, -0.1) is 0 Å². The Kier molecular flexibility index (Phi) is 3.81. The lowest BCUT2D eigenvalue weighted by atomic mass is 9.86. The number of para-hydroxylation sites is 2. The predicted molar refractivity (Wildman–Crippen MR) is 80.0 cm³/mol. The van der Waals surface area contributed by atoms with Crippen LogP contribution in [0.25, 0.3) is 11.0 Å². The molecule has 108 valence electrons. The van der Waals surface area contributed by atoms with Crippen LogP contribution >= 0.6 is 0 Å². The molecule has 0 bridgehead atoms. The molecule has 20 heavy (non-hydrogen) atoms. The second-order valence-corrected chi connectivity index (χ2v) is 6.16. The molecule has 5 nitrogen and oxygen atoms in total. The minimum absolute atomic E-state index is 0.226. The zero-order valence-electron chi connectivity index (χ0n) is 12.5. The number of rotatable bonds is 4. The van der Waals surface area contributed by atoms with Crippen LogP contribution in [-0.4, -0.2) is 21.5 Å². The number of imidazole rings is 1. The van der Waals surface area contributed by atoms with Gasteiger partial charge < -0.3 is 10.3 Å². The number of aryl methyl sites for hydroxylation is 1. The summed E-state index contributed by atoms with van der Waals surface area (Å²) in [6.07, 6.45) is 0. The van der Waals surface area contributed by atoms with E-state index in [9.17, 15) is 4.79 Å². The number of nitrogens with two attached hydrogens (primary N) is 1. The van der Waals surface area contributed by atoms with Crippen LogP contribution in [0, 0.1) is 5.41 Å². The van der Waals surface area contributed by atoms with Crippen LogP contribution in [0.4, 0.5) is 0 Å². The van der Waals surface area contributed by atoms with Crippen molar-refractivity contribution in [2.75, 3.05) is 0 Å². The zero-order valence-corrected chi connectivity index (χ0v) is 12.5. The Hall–Kier alpha value is -1.88. The number of benzene rings is 1. The summed E-state index contributed by atoms with van der Waals surface area (Å²) >= 11 is 0. The van der Waals surface area contributed by atoms with Gasteiger partial charge in [-0.1, -0.05) is 32.9 Å². The molecule has 1 aromatic heterocycles. The van der Waals surface area contributed by atoms with E-state index >= 15 is 0 Å². The molecule has 0 aliphatic rings. The van der Waals surface area contributed by atoms with Gasteiger partial charge in [0, 0.05) is 7.05 Å². The van der Waals surface area contributed by atoms with Crippen LogP contribution in [0.1, 0.15) is 26.6 Å². The molecule has 0 fully saturated rings. The quantitative estimate of drug-likeness (QED) is 0.888. The third-order valence-corrected chi connectivity index (χ3v) is 3.49. The molecule has 0 saturated heterocycles. The molecule has 1 amide bonds. The summed E-state index contributed by atoms with van der Waals surface area (Å²) in [6.45, 7) is 6.48. The van der Waals surface area contributed by atoms with Crippen LogP contribution in [0.3, 0.4) is 0 Å². The van der Waals surface area contributed by atoms with Crippen molar-refractivity contribution >= 4 is 16.9 Å². The lowest BCUT2D eigenvalue weighted by molar-refractivity contribution is -0.122. The summed E-state index contributed by atoms with van der Waals surface area (Å²) < 4.78 is 2.03. The van der Waals surface area contributed by atoms with Crippen LogP contribution in [0.2, 0.25) is 0 Å². The summed E-state index contributed by atoms with van der Waals surface area (Å²) in [7, 11) is 1.97. The van der Waals surface area contributed by atoms with E-state index in [1.54, 1.807) is 0 Å². The van der Waals surface area contributed by atoms with Gasteiger partial charge >= 0.3 is 0 Å². The maximum absolute atomic E-state index is 11.6. The number of aromatic nitrogens is 2. The summed E-state index contributed by atoms with van der Waals surface area (Å²) in [4.78, 5) is 16.1. The molecule has 0 saturated carbocycles. The van der Waals surface area contributed by atoms with E-state index in [1.807, 2.05) is 56.7 Å². The van der Waals surface area contributed by atoms with E-state index in [4.69, 9.17) is 5.73 Å². The van der Waals surface area contributed by atoms with E-state index in [2.05, 4.69) is 10.3 Å². The molecule has 2 rings (SSSR count). The highest BCUT2D eigenvalue weighted by Crippen LogP contribution is 2.20. The van der Waals surface area contributed by atoms with Crippen molar-refractivity contribution in [3.8, 4) is 0 Å². The predicted octanol–water partition coefficient (Wildman–Crippen LogP) is 1.56. The van der Waals surface area contributed by atoms with Gasteiger partial charge in [0.15, 0.2) is 0 Å². The second-order valence-electron chi connectivity index (χ2n) is 6.16. The fourth-order valence-corrected chi connectivity index (χ4v) is 2.38. The average molecular weight is 274 g/mol. The van der Waals surface area contributed by atoms with E-state index in [1.165, 1.54) is 0 Å². The Morgan fingerprint density at radius 2 is 2.05 bits per heavy atom. The average Bonchev–Trinajstić information content (AvgIpc) is 2.65. The molecule has 1 unspecified atom stereocenters. The van der Waals surface area contributed by atoms with Gasteiger partial charge in [-0.05, 0) is 17.5 Å². The molecule has 1 heterocycles. The number of nitrogens with zero attached hydrogens (tertiary/aromatic N) is 2. The lowest BCUT2D eigenvalue weighted by Crippen LogP contribution is -2.49. The second kappa shape index (κ2) is 5.25. The first kappa shape index (κ1) is 14.5. The van der Waals surface area contributed by atoms with Gasteiger partial charge in [0.1, 0.15) is 5.82 Å². The smallest absolute Gasteiger partial charge is 0.235 e. The molecule has 1 aromatic carbocycles. The first-order chi connectivity index (χ1) is 9.30. The molecule has 0 aliphatic heterocycles. The molecule has 2 aromatic rings. The molecular formula is C15H22N4O. The van der Waals surface area contributed by atoms with E-state index < -0.39 is 0 Å². The van der Waals surface area contributed by atoms with Gasteiger partial charge in [-0.2, -0.15) is 0 Å². The molecule has 0 spiro atoms. The maximum Gasteiger partial charge on any atom is 0.235 e.